The van der Waals surface area contributed by atoms with Gasteiger partial charge in [-0.2, -0.15) is 5.10 Å². The molecule has 0 spiro atoms. The van der Waals surface area contributed by atoms with E-state index in [1.54, 1.807) is 12.3 Å². The van der Waals surface area contributed by atoms with Gasteiger partial charge in [0.15, 0.2) is 0 Å². The Morgan fingerprint density at radius 1 is 1.40 bits per heavy atom. The van der Waals surface area contributed by atoms with E-state index in [-0.39, 0.29) is 5.91 Å². The second-order valence-electron chi connectivity index (χ2n) is 6.71. The van der Waals surface area contributed by atoms with E-state index in [1.807, 2.05) is 28.0 Å². The van der Waals surface area contributed by atoms with E-state index in [0.29, 0.717) is 24.6 Å². The number of fused-ring (bicyclic) bond motifs is 1. The Morgan fingerprint density at radius 3 is 3.00 bits per heavy atom. The van der Waals surface area contributed by atoms with Crippen molar-refractivity contribution in [2.45, 2.75) is 43.5 Å². The lowest BCUT2D eigenvalue weighted by atomic mass is 10.1. The first-order valence-corrected chi connectivity index (χ1v) is 9.93. The van der Waals surface area contributed by atoms with Crippen LogP contribution in [0.3, 0.4) is 0 Å². The minimum atomic E-state index is -0.468. The molecule has 1 fully saturated rings. The number of thioether (sulfide) groups is 1. The Morgan fingerprint density at radius 2 is 2.24 bits per heavy atom. The van der Waals surface area contributed by atoms with Gasteiger partial charge in [0.05, 0.1) is 23.5 Å². The molecule has 1 N–H and O–H groups in total. The molecule has 0 radical (unpaired) electrons. The maximum Gasteiger partial charge on any atom is 0.256 e. The summed E-state index contributed by atoms with van der Waals surface area (Å²) in [6.07, 6.45) is 6.19. The molecule has 0 unspecified atom stereocenters. The maximum atomic E-state index is 13.0. The molecule has 2 aliphatic rings. The van der Waals surface area contributed by atoms with Gasteiger partial charge in [-0.3, -0.25) is 9.48 Å². The quantitative estimate of drug-likeness (QED) is 0.850. The zero-order chi connectivity index (χ0) is 17.4. The lowest BCUT2D eigenvalue weighted by Gasteiger charge is -2.20. The Hall–Kier alpha value is -1.86. The summed E-state index contributed by atoms with van der Waals surface area (Å²) in [5.74, 6) is 0.368. The number of amides is 1. The van der Waals surface area contributed by atoms with Gasteiger partial charge in [-0.25, -0.2) is 4.98 Å². The van der Waals surface area contributed by atoms with E-state index in [4.69, 9.17) is 0 Å². The van der Waals surface area contributed by atoms with Crippen LogP contribution in [0.1, 0.15) is 47.1 Å². The lowest BCUT2D eigenvalue weighted by molar-refractivity contribution is 0.0741. The first kappa shape index (κ1) is 16.6. The third-order valence-corrected chi connectivity index (χ3v) is 5.60. The fraction of sp³-hybridized carbons (Fsp3) is 0.500. The molecule has 1 aliphatic heterocycles. The van der Waals surface area contributed by atoms with Crippen LogP contribution in [-0.4, -0.2) is 43.5 Å². The number of aliphatic hydroxyl groups excluding tert-OH is 1. The van der Waals surface area contributed by atoms with Crippen LogP contribution in [0, 0.1) is 5.92 Å². The predicted molar refractivity (Wildman–Crippen MR) is 95.3 cm³/mol. The number of carbonyl (C=O) groups is 1. The molecule has 1 amide bonds. The van der Waals surface area contributed by atoms with Crippen LogP contribution in [0.25, 0.3) is 0 Å². The average Bonchev–Trinajstić information content (AvgIpc) is 3.44. The van der Waals surface area contributed by atoms with Crippen molar-refractivity contribution in [3.05, 3.63) is 41.3 Å². The molecule has 1 saturated carbocycles. The van der Waals surface area contributed by atoms with Crippen LogP contribution in [0.4, 0.5) is 0 Å². The third kappa shape index (κ3) is 3.30. The molecular weight excluding hydrogens is 336 g/mol. The number of pyridine rings is 1. The molecule has 1 aliphatic carbocycles. The Kier molecular flexibility index (Phi) is 4.52. The Labute approximate surface area is 151 Å². The van der Waals surface area contributed by atoms with Crippen LogP contribution < -0.4 is 0 Å². The highest BCUT2D eigenvalue weighted by Gasteiger charge is 2.33. The smallest absolute Gasteiger partial charge is 0.256 e. The number of aryl methyl sites for hydroxylation is 1. The highest BCUT2D eigenvalue weighted by atomic mass is 32.2. The molecule has 1 atom stereocenters. The molecule has 2 aromatic rings. The predicted octanol–water partition coefficient (Wildman–Crippen LogP) is 2.49. The van der Waals surface area contributed by atoms with Crippen LogP contribution >= 0.6 is 11.8 Å². The highest BCUT2D eigenvalue weighted by Crippen LogP contribution is 2.40. The Balaban J connectivity index is 1.57. The lowest BCUT2D eigenvalue weighted by Crippen LogP contribution is -2.31. The standard InChI is InChI=1S/C18H22N4O2S/c1-25-17-14(4-2-7-19-17)18(24)21-8-3-9-22-13(11-21)10-15(20-22)16(23)12-5-6-12/h2,4,7,10,12,16,23H,3,5-6,8-9,11H2,1H3/t16-/m0/s1. The van der Waals surface area contributed by atoms with Gasteiger partial charge in [-0.15, -0.1) is 11.8 Å². The molecule has 0 bridgehead atoms. The van der Waals surface area contributed by atoms with Crippen molar-refractivity contribution in [2.75, 3.05) is 12.8 Å². The number of nitrogens with zero attached hydrogens (tertiary/aromatic N) is 4. The summed E-state index contributed by atoms with van der Waals surface area (Å²) in [5.41, 5.74) is 2.40. The second kappa shape index (κ2) is 6.80. The molecule has 0 aromatic carbocycles. The summed E-state index contributed by atoms with van der Waals surface area (Å²) in [7, 11) is 0. The van der Waals surface area contributed by atoms with Crippen LogP contribution in [0.5, 0.6) is 0 Å². The molecule has 2 aromatic heterocycles. The van der Waals surface area contributed by atoms with Gasteiger partial charge in [0.2, 0.25) is 0 Å². The van der Waals surface area contributed by atoms with E-state index in [9.17, 15) is 9.90 Å². The topological polar surface area (TPSA) is 71.2 Å². The summed E-state index contributed by atoms with van der Waals surface area (Å²) in [6.45, 7) is 2.00. The molecule has 6 nitrogen and oxygen atoms in total. The summed E-state index contributed by atoms with van der Waals surface area (Å²) < 4.78 is 1.95. The number of aliphatic hydroxyl groups is 1. The molecule has 132 valence electrons. The molecular formula is C18H22N4O2S. The van der Waals surface area contributed by atoms with E-state index in [0.717, 1.165) is 42.2 Å². The maximum absolute atomic E-state index is 13.0. The number of rotatable bonds is 4. The number of hydrogen-bond acceptors (Lipinski definition) is 5. The third-order valence-electron chi connectivity index (χ3n) is 4.89. The summed E-state index contributed by atoms with van der Waals surface area (Å²) in [6, 6.07) is 5.61. The molecule has 3 heterocycles. The summed E-state index contributed by atoms with van der Waals surface area (Å²) in [5, 5.41) is 15.7. The van der Waals surface area contributed by atoms with Crippen molar-refractivity contribution in [3.8, 4) is 0 Å². The van der Waals surface area contributed by atoms with Crippen LogP contribution in [0.2, 0.25) is 0 Å². The number of carbonyl (C=O) groups excluding carboxylic acids is 1. The SMILES string of the molecule is CSc1ncccc1C(=O)N1CCCn2nc([C@@H](O)C3CC3)cc2C1. The normalized spacial score (nSPS) is 18.6. The largest absolute Gasteiger partial charge is 0.386 e. The zero-order valence-electron chi connectivity index (χ0n) is 14.3. The van der Waals surface area contributed by atoms with Crippen molar-refractivity contribution in [1.82, 2.24) is 19.7 Å². The second-order valence-corrected chi connectivity index (χ2v) is 7.50. The highest BCUT2D eigenvalue weighted by molar-refractivity contribution is 7.98. The van der Waals surface area contributed by atoms with Gasteiger partial charge in [-0.1, -0.05) is 0 Å². The first-order chi connectivity index (χ1) is 12.2. The molecule has 4 rings (SSSR count). The average molecular weight is 358 g/mol. The van der Waals surface area contributed by atoms with E-state index < -0.39 is 6.10 Å². The molecule has 25 heavy (non-hydrogen) atoms. The van der Waals surface area contributed by atoms with E-state index >= 15 is 0 Å². The number of aromatic nitrogens is 3. The minimum Gasteiger partial charge on any atom is -0.386 e. The van der Waals surface area contributed by atoms with E-state index in [1.165, 1.54) is 11.8 Å². The minimum absolute atomic E-state index is 0.0105. The summed E-state index contributed by atoms with van der Waals surface area (Å²) in [4.78, 5) is 19.2. The van der Waals surface area contributed by atoms with Crippen molar-refractivity contribution < 1.29 is 9.90 Å². The van der Waals surface area contributed by atoms with Gasteiger partial charge < -0.3 is 10.0 Å². The van der Waals surface area contributed by atoms with Gasteiger partial charge in [0.1, 0.15) is 11.1 Å². The zero-order valence-corrected chi connectivity index (χ0v) is 15.1. The summed E-state index contributed by atoms with van der Waals surface area (Å²) >= 11 is 1.49. The van der Waals surface area contributed by atoms with Gasteiger partial charge >= 0.3 is 0 Å². The molecule has 7 heteroatoms. The van der Waals surface area contributed by atoms with Crippen molar-refractivity contribution in [1.29, 1.82) is 0 Å². The molecule has 0 saturated heterocycles. The Bertz CT molecular complexity index is 787. The van der Waals surface area contributed by atoms with Crippen molar-refractivity contribution in [3.63, 3.8) is 0 Å². The van der Waals surface area contributed by atoms with Gasteiger partial charge in [-0.05, 0) is 49.6 Å². The fourth-order valence-electron chi connectivity index (χ4n) is 3.34. The number of hydrogen-bond donors (Lipinski definition) is 1. The van der Waals surface area contributed by atoms with Gasteiger partial charge in [0.25, 0.3) is 5.91 Å². The van der Waals surface area contributed by atoms with Crippen molar-refractivity contribution in [2.24, 2.45) is 5.92 Å². The van der Waals surface area contributed by atoms with E-state index in [2.05, 4.69) is 10.1 Å². The van der Waals surface area contributed by atoms with Gasteiger partial charge in [0, 0.05) is 19.3 Å². The van der Waals surface area contributed by atoms with Crippen LogP contribution in [0.15, 0.2) is 29.4 Å². The first-order valence-electron chi connectivity index (χ1n) is 8.70. The fourth-order valence-corrected chi connectivity index (χ4v) is 3.88. The van der Waals surface area contributed by atoms with Crippen molar-refractivity contribution >= 4 is 17.7 Å². The van der Waals surface area contributed by atoms with Crippen LogP contribution in [-0.2, 0) is 13.1 Å². The monoisotopic (exact) mass is 358 g/mol.